The van der Waals surface area contributed by atoms with Gasteiger partial charge in [0.2, 0.25) is 0 Å². The molecule has 0 aromatic heterocycles. The first kappa shape index (κ1) is 13.1. The minimum absolute atomic E-state index is 0.0465. The van der Waals surface area contributed by atoms with Crippen LogP contribution in [0.5, 0.6) is 0 Å². The summed E-state index contributed by atoms with van der Waals surface area (Å²) in [7, 11) is 0. The summed E-state index contributed by atoms with van der Waals surface area (Å²) in [5.74, 6) is 0. The van der Waals surface area contributed by atoms with E-state index in [0.717, 1.165) is 6.42 Å². The Labute approximate surface area is 106 Å². The van der Waals surface area contributed by atoms with Gasteiger partial charge in [0.15, 0.2) is 0 Å². The molecular formula is C15H27NO. The zero-order valence-electron chi connectivity index (χ0n) is 11.2. The second kappa shape index (κ2) is 5.11. The molecule has 1 aliphatic carbocycles. The van der Waals surface area contributed by atoms with Crippen molar-refractivity contribution in [2.75, 3.05) is 6.54 Å². The van der Waals surface area contributed by atoms with Crippen LogP contribution in [0.3, 0.4) is 0 Å². The fourth-order valence-electron chi connectivity index (χ4n) is 3.37. The summed E-state index contributed by atoms with van der Waals surface area (Å²) in [6, 6.07) is 0. The standard InChI is InChI=1S/C15H27NO/c1-3-14(2,12-16)11-13-7-10-15(17-13)8-5-4-6-9-15/h3,13H,1,4-12,16H2,2H3. The average molecular weight is 237 g/mol. The van der Waals surface area contributed by atoms with Gasteiger partial charge >= 0.3 is 0 Å². The van der Waals surface area contributed by atoms with Crippen molar-refractivity contribution in [1.82, 2.24) is 0 Å². The van der Waals surface area contributed by atoms with E-state index in [-0.39, 0.29) is 11.0 Å². The highest BCUT2D eigenvalue weighted by molar-refractivity contribution is 4.98. The van der Waals surface area contributed by atoms with Crippen LogP contribution in [0.25, 0.3) is 0 Å². The first-order valence-electron chi connectivity index (χ1n) is 7.13. The molecule has 0 radical (unpaired) electrons. The number of hydrogen-bond acceptors (Lipinski definition) is 2. The molecule has 0 aromatic carbocycles. The molecule has 2 fully saturated rings. The molecule has 2 nitrogen and oxygen atoms in total. The van der Waals surface area contributed by atoms with Crippen LogP contribution in [0.2, 0.25) is 0 Å². The van der Waals surface area contributed by atoms with Crippen LogP contribution in [0.1, 0.15) is 58.3 Å². The van der Waals surface area contributed by atoms with Crippen molar-refractivity contribution in [2.24, 2.45) is 11.1 Å². The van der Waals surface area contributed by atoms with E-state index in [1.807, 2.05) is 6.08 Å². The Morgan fingerprint density at radius 2 is 2.06 bits per heavy atom. The molecule has 1 aliphatic heterocycles. The predicted molar refractivity (Wildman–Crippen MR) is 71.9 cm³/mol. The van der Waals surface area contributed by atoms with Gasteiger partial charge in [-0.15, -0.1) is 6.58 Å². The monoisotopic (exact) mass is 237 g/mol. The van der Waals surface area contributed by atoms with E-state index in [9.17, 15) is 0 Å². The first-order chi connectivity index (χ1) is 8.11. The zero-order valence-corrected chi connectivity index (χ0v) is 11.2. The maximum atomic E-state index is 6.39. The van der Waals surface area contributed by atoms with Crippen LogP contribution < -0.4 is 5.73 Å². The van der Waals surface area contributed by atoms with E-state index in [0.29, 0.717) is 12.6 Å². The lowest BCUT2D eigenvalue weighted by molar-refractivity contribution is -0.0724. The van der Waals surface area contributed by atoms with Crippen LogP contribution in [0.15, 0.2) is 12.7 Å². The summed E-state index contributed by atoms with van der Waals surface area (Å²) in [6.07, 6.45) is 12.6. The first-order valence-corrected chi connectivity index (χ1v) is 7.13. The molecule has 2 atom stereocenters. The van der Waals surface area contributed by atoms with Gasteiger partial charge in [-0.1, -0.05) is 32.3 Å². The van der Waals surface area contributed by atoms with Gasteiger partial charge in [0.05, 0.1) is 11.7 Å². The van der Waals surface area contributed by atoms with Crippen molar-refractivity contribution in [1.29, 1.82) is 0 Å². The van der Waals surface area contributed by atoms with E-state index < -0.39 is 0 Å². The minimum atomic E-state index is 0.0465. The molecule has 98 valence electrons. The van der Waals surface area contributed by atoms with Gasteiger partial charge in [-0.3, -0.25) is 0 Å². The van der Waals surface area contributed by atoms with Gasteiger partial charge in [-0.25, -0.2) is 0 Å². The molecule has 0 aromatic rings. The van der Waals surface area contributed by atoms with Crippen LogP contribution in [0, 0.1) is 5.41 Å². The van der Waals surface area contributed by atoms with Crippen molar-refractivity contribution in [3.63, 3.8) is 0 Å². The molecule has 1 heterocycles. The van der Waals surface area contributed by atoms with Crippen LogP contribution in [0.4, 0.5) is 0 Å². The maximum absolute atomic E-state index is 6.39. The Balaban J connectivity index is 1.91. The average Bonchev–Trinajstić information content (AvgIpc) is 2.72. The smallest absolute Gasteiger partial charge is 0.0687 e. The third-order valence-corrected chi connectivity index (χ3v) is 4.76. The number of nitrogens with two attached hydrogens (primary N) is 1. The summed E-state index contributed by atoms with van der Waals surface area (Å²) < 4.78 is 6.39. The SMILES string of the molecule is C=CC(C)(CN)CC1CCC2(CCCCC2)O1. The van der Waals surface area contributed by atoms with Crippen molar-refractivity contribution in [2.45, 2.75) is 70.0 Å². The summed E-state index contributed by atoms with van der Waals surface area (Å²) >= 11 is 0. The van der Waals surface area contributed by atoms with Crippen molar-refractivity contribution < 1.29 is 4.74 Å². The minimum Gasteiger partial charge on any atom is -0.372 e. The Morgan fingerprint density at radius 3 is 2.65 bits per heavy atom. The number of rotatable bonds is 4. The molecule has 2 aliphatic rings. The summed E-state index contributed by atoms with van der Waals surface area (Å²) in [4.78, 5) is 0. The molecule has 2 heteroatoms. The van der Waals surface area contributed by atoms with Gasteiger partial charge < -0.3 is 10.5 Å². The maximum Gasteiger partial charge on any atom is 0.0687 e. The fourth-order valence-corrected chi connectivity index (χ4v) is 3.37. The predicted octanol–water partition coefficient (Wildman–Crippen LogP) is 3.41. The summed E-state index contributed by atoms with van der Waals surface area (Å²) in [6.45, 7) is 6.77. The van der Waals surface area contributed by atoms with E-state index in [1.165, 1.54) is 44.9 Å². The zero-order chi connectivity index (χ0) is 12.4. The highest BCUT2D eigenvalue weighted by Gasteiger charge is 2.42. The van der Waals surface area contributed by atoms with Gasteiger partial charge in [0.1, 0.15) is 0 Å². The van der Waals surface area contributed by atoms with Crippen LogP contribution in [-0.2, 0) is 4.74 Å². The molecule has 1 saturated carbocycles. The molecule has 17 heavy (non-hydrogen) atoms. The van der Waals surface area contributed by atoms with Gasteiger partial charge in [0.25, 0.3) is 0 Å². The Morgan fingerprint density at radius 1 is 1.35 bits per heavy atom. The van der Waals surface area contributed by atoms with Gasteiger partial charge in [-0.2, -0.15) is 0 Å². The van der Waals surface area contributed by atoms with Crippen LogP contribution in [-0.4, -0.2) is 18.2 Å². The highest BCUT2D eigenvalue weighted by Crippen LogP contribution is 2.44. The van der Waals surface area contributed by atoms with E-state index in [2.05, 4.69) is 13.5 Å². The van der Waals surface area contributed by atoms with E-state index in [4.69, 9.17) is 10.5 Å². The lowest BCUT2D eigenvalue weighted by Gasteiger charge is -2.34. The van der Waals surface area contributed by atoms with Crippen molar-refractivity contribution in [3.05, 3.63) is 12.7 Å². The number of ether oxygens (including phenoxy) is 1. The molecule has 2 N–H and O–H groups in total. The lowest BCUT2D eigenvalue weighted by Crippen LogP contribution is -2.34. The van der Waals surface area contributed by atoms with Gasteiger partial charge in [-0.05, 0) is 37.5 Å². The number of hydrogen-bond donors (Lipinski definition) is 1. The van der Waals surface area contributed by atoms with Crippen LogP contribution >= 0.6 is 0 Å². The summed E-state index contributed by atoms with van der Waals surface area (Å²) in [5.41, 5.74) is 6.12. The molecule has 2 unspecified atom stereocenters. The Hall–Kier alpha value is -0.340. The normalized spacial score (nSPS) is 31.3. The quantitative estimate of drug-likeness (QED) is 0.760. The Bertz CT molecular complexity index is 270. The molecule has 2 rings (SSSR count). The van der Waals surface area contributed by atoms with Crippen molar-refractivity contribution in [3.8, 4) is 0 Å². The Kier molecular flexibility index (Phi) is 3.94. The largest absolute Gasteiger partial charge is 0.372 e. The van der Waals surface area contributed by atoms with Gasteiger partial charge in [0, 0.05) is 6.54 Å². The third kappa shape index (κ3) is 2.92. The van der Waals surface area contributed by atoms with E-state index >= 15 is 0 Å². The van der Waals surface area contributed by atoms with Crippen molar-refractivity contribution >= 4 is 0 Å². The second-order valence-electron chi connectivity index (χ2n) is 6.29. The fraction of sp³-hybridized carbons (Fsp3) is 0.867. The topological polar surface area (TPSA) is 35.2 Å². The highest BCUT2D eigenvalue weighted by atomic mass is 16.5. The van der Waals surface area contributed by atoms with E-state index in [1.54, 1.807) is 0 Å². The second-order valence-corrected chi connectivity index (χ2v) is 6.29. The molecule has 1 saturated heterocycles. The molecular weight excluding hydrogens is 210 g/mol. The lowest BCUT2D eigenvalue weighted by atomic mass is 9.82. The molecule has 0 bridgehead atoms. The summed E-state index contributed by atoms with van der Waals surface area (Å²) in [5, 5.41) is 0. The molecule has 1 spiro atoms. The third-order valence-electron chi connectivity index (χ3n) is 4.76. The molecule has 0 amide bonds.